The summed E-state index contributed by atoms with van der Waals surface area (Å²) in [5.74, 6) is 0.799. The molecule has 128 valence electrons. The number of benzene rings is 2. The highest BCUT2D eigenvalue weighted by molar-refractivity contribution is 5.53. The van der Waals surface area contributed by atoms with Gasteiger partial charge >= 0.3 is 5.69 Å². The third-order valence-electron chi connectivity index (χ3n) is 3.70. The van der Waals surface area contributed by atoms with Gasteiger partial charge in [-0.1, -0.05) is 23.8 Å². The van der Waals surface area contributed by atoms with Crippen molar-refractivity contribution in [2.45, 2.75) is 26.9 Å². The molecule has 0 saturated carbocycles. The van der Waals surface area contributed by atoms with E-state index in [1.807, 2.05) is 31.2 Å². The van der Waals surface area contributed by atoms with Crippen molar-refractivity contribution in [3.63, 3.8) is 0 Å². The van der Waals surface area contributed by atoms with Gasteiger partial charge in [-0.25, -0.2) is 0 Å². The van der Waals surface area contributed by atoms with Crippen LogP contribution in [0.2, 0.25) is 0 Å². The molecule has 0 unspecified atom stereocenters. The molecular formula is C18H17N3O4. The summed E-state index contributed by atoms with van der Waals surface area (Å²) < 4.78 is 11.3. The smallest absolute Gasteiger partial charge is 0.311 e. The first kappa shape index (κ1) is 16.6. The van der Waals surface area contributed by atoms with E-state index in [4.69, 9.17) is 9.15 Å². The van der Waals surface area contributed by atoms with E-state index in [1.54, 1.807) is 26.0 Å². The molecule has 0 bridgehead atoms. The van der Waals surface area contributed by atoms with E-state index in [2.05, 4.69) is 10.2 Å². The molecule has 0 N–H and O–H groups in total. The van der Waals surface area contributed by atoms with Crippen LogP contribution in [0.4, 0.5) is 5.69 Å². The van der Waals surface area contributed by atoms with Gasteiger partial charge in [0.15, 0.2) is 11.9 Å². The Labute approximate surface area is 144 Å². The van der Waals surface area contributed by atoms with Gasteiger partial charge in [0.2, 0.25) is 5.89 Å². The zero-order valence-electron chi connectivity index (χ0n) is 14.1. The summed E-state index contributed by atoms with van der Waals surface area (Å²) in [6, 6.07) is 12.5. The molecule has 25 heavy (non-hydrogen) atoms. The molecule has 0 radical (unpaired) electrons. The Morgan fingerprint density at radius 1 is 1.08 bits per heavy atom. The molecule has 0 amide bonds. The Balaban J connectivity index is 1.82. The molecule has 3 rings (SSSR count). The van der Waals surface area contributed by atoms with E-state index >= 15 is 0 Å². The topological polar surface area (TPSA) is 91.3 Å². The molecule has 0 aliphatic carbocycles. The second-order valence-electron chi connectivity index (χ2n) is 5.80. The number of aryl methyl sites for hydroxylation is 2. The predicted molar refractivity (Wildman–Crippen MR) is 91.3 cm³/mol. The fourth-order valence-electron chi connectivity index (χ4n) is 2.32. The van der Waals surface area contributed by atoms with Crippen LogP contribution in [-0.2, 0) is 0 Å². The average molecular weight is 339 g/mol. The fourth-order valence-corrected chi connectivity index (χ4v) is 2.32. The Hall–Kier alpha value is -3.22. The van der Waals surface area contributed by atoms with Crippen molar-refractivity contribution >= 4 is 5.69 Å². The van der Waals surface area contributed by atoms with Crippen LogP contribution in [0, 0.1) is 24.0 Å². The van der Waals surface area contributed by atoms with Crippen molar-refractivity contribution in [3.8, 4) is 17.2 Å². The number of hydrogen-bond acceptors (Lipinski definition) is 6. The van der Waals surface area contributed by atoms with E-state index in [-0.39, 0.29) is 17.3 Å². The lowest BCUT2D eigenvalue weighted by Gasteiger charge is -2.11. The van der Waals surface area contributed by atoms with Crippen LogP contribution >= 0.6 is 0 Å². The van der Waals surface area contributed by atoms with Gasteiger partial charge in [0, 0.05) is 11.6 Å². The summed E-state index contributed by atoms with van der Waals surface area (Å²) in [5.41, 5.74) is 2.63. The molecule has 0 fully saturated rings. The van der Waals surface area contributed by atoms with Crippen molar-refractivity contribution in [1.29, 1.82) is 0 Å². The van der Waals surface area contributed by atoms with Gasteiger partial charge < -0.3 is 9.15 Å². The highest BCUT2D eigenvalue weighted by Gasteiger charge is 2.21. The lowest BCUT2D eigenvalue weighted by molar-refractivity contribution is -0.386. The van der Waals surface area contributed by atoms with Gasteiger partial charge in [0.05, 0.1) is 4.92 Å². The van der Waals surface area contributed by atoms with Crippen LogP contribution in [-0.4, -0.2) is 15.1 Å². The van der Waals surface area contributed by atoms with Crippen molar-refractivity contribution in [3.05, 3.63) is 69.6 Å². The largest absolute Gasteiger partial charge is 0.474 e. The summed E-state index contributed by atoms with van der Waals surface area (Å²) in [6.45, 7) is 5.48. The Morgan fingerprint density at radius 3 is 2.44 bits per heavy atom. The summed E-state index contributed by atoms with van der Waals surface area (Å²) in [6.07, 6.45) is -0.617. The van der Waals surface area contributed by atoms with Crippen LogP contribution in [0.3, 0.4) is 0 Å². The Kier molecular flexibility index (Phi) is 4.47. The minimum atomic E-state index is -0.617. The monoisotopic (exact) mass is 339 g/mol. The lowest BCUT2D eigenvalue weighted by Crippen LogP contribution is -2.05. The van der Waals surface area contributed by atoms with Gasteiger partial charge in [-0.2, -0.15) is 0 Å². The summed E-state index contributed by atoms with van der Waals surface area (Å²) in [7, 11) is 0. The lowest BCUT2D eigenvalue weighted by atomic mass is 10.1. The maximum Gasteiger partial charge on any atom is 0.311 e. The first-order chi connectivity index (χ1) is 11.9. The molecule has 0 aliphatic heterocycles. The normalized spacial score (nSPS) is 12.0. The van der Waals surface area contributed by atoms with Crippen molar-refractivity contribution < 1.29 is 14.1 Å². The van der Waals surface area contributed by atoms with E-state index in [0.29, 0.717) is 5.89 Å². The number of aromatic nitrogens is 2. The quantitative estimate of drug-likeness (QED) is 0.505. The molecule has 1 aromatic heterocycles. The number of nitro groups is 1. The zero-order chi connectivity index (χ0) is 18.0. The van der Waals surface area contributed by atoms with Crippen molar-refractivity contribution in [2.75, 3.05) is 0 Å². The van der Waals surface area contributed by atoms with E-state index in [0.717, 1.165) is 16.7 Å². The fraction of sp³-hybridized carbons (Fsp3) is 0.222. The third kappa shape index (κ3) is 3.65. The van der Waals surface area contributed by atoms with Crippen molar-refractivity contribution in [1.82, 2.24) is 10.2 Å². The molecule has 0 spiro atoms. The standard InChI is InChI=1S/C18H17N3O4/c1-11-4-7-14(8-5-11)18-20-19-17(25-18)13(3)24-16-9-6-12(2)10-15(16)21(22)23/h4-10,13H,1-3H3/t13-/m0/s1. The van der Waals surface area contributed by atoms with Crippen LogP contribution < -0.4 is 4.74 Å². The van der Waals surface area contributed by atoms with Crippen molar-refractivity contribution in [2.24, 2.45) is 0 Å². The summed E-state index contributed by atoms with van der Waals surface area (Å²) in [5, 5.41) is 19.2. The second-order valence-corrected chi connectivity index (χ2v) is 5.80. The van der Waals surface area contributed by atoms with Crippen LogP contribution in [0.5, 0.6) is 5.75 Å². The second kappa shape index (κ2) is 6.72. The summed E-state index contributed by atoms with van der Waals surface area (Å²) in [4.78, 5) is 10.7. The Morgan fingerprint density at radius 2 is 1.76 bits per heavy atom. The minimum Gasteiger partial charge on any atom is -0.474 e. The minimum absolute atomic E-state index is 0.0925. The number of nitrogens with zero attached hydrogens (tertiary/aromatic N) is 3. The van der Waals surface area contributed by atoms with E-state index < -0.39 is 11.0 Å². The maximum atomic E-state index is 11.2. The number of ether oxygens (including phenoxy) is 1. The average Bonchev–Trinajstić information content (AvgIpc) is 3.07. The molecule has 2 aromatic carbocycles. The zero-order valence-corrected chi connectivity index (χ0v) is 14.1. The molecule has 1 atom stereocenters. The molecule has 0 saturated heterocycles. The van der Waals surface area contributed by atoms with Gasteiger partial charge in [0.25, 0.3) is 5.89 Å². The van der Waals surface area contributed by atoms with Crippen LogP contribution in [0.25, 0.3) is 11.5 Å². The molecule has 0 aliphatic rings. The first-order valence-electron chi connectivity index (χ1n) is 7.76. The molecule has 7 nitrogen and oxygen atoms in total. The molecular weight excluding hydrogens is 322 g/mol. The molecule has 7 heteroatoms. The number of rotatable bonds is 5. The summed E-state index contributed by atoms with van der Waals surface area (Å²) >= 11 is 0. The van der Waals surface area contributed by atoms with E-state index in [1.165, 1.54) is 6.07 Å². The van der Waals surface area contributed by atoms with Gasteiger partial charge in [0.1, 0.15) is 0 Å². The SMILES string of the molecule is Cc1ccc(-c2nnc([C@H](C)Oc3ccc(C)cc3[N+](=O)[O-])o2)cc1. The Bertz CT molecular complexity index is 903. The van der Waals surface area contributed by atoms with Crippen LogP contribution in [0.1, 0.15) is 30.0 Å². The highest BCUT2D eigenvalue weighted by Crippen LogP contribution is 2.32. The van der Waals surface area contributed by atoms with Gasteiger partial charge in [-0.05, 0) is 44.5 Å². The number of nitro benzene ring substituents is 1. The molecule has 1 heterocycles. The number of hydrogen-bond donors (Lipinski definition) is 0. The van der Waals surface area contributed by atoms with Gasteiger partial charge in [-0.15, -0.1) is 10.2 Å². The predicted octanol–water partition coefficient (Wildman–Crippen LogP) is 4.40. The maximum absolute atomic E-state index is 11.2. The van der Waals surface area contributed by atoms with Crippen LogP contribution in [0.15, 0.2) is 46.9 Å². The first-order valence-corrected chi connectivity index (χ1v) is 7.76. The highest BCUT2D eigenvalue weighted by atomic mass is 16.6. The molecule has 3 aromatic rings. The van der Waals surface area contributed by atoms with Gasteiger partial charge in [-0.3, -0.25) is 10.1 Å². The van der Waals surface area contributed by atoms with E-state index in [9.17, 15) is 10.1 Å². The third-order valence-corrected chi connectivity index (χ3v) is 3.70.